The van der Waals surface area contributed by atoms with Crippen molar-refractivity contribution in [2.24, 2.45) is 29.4 Å². The van der Waals surface area contributed by atoms with Gasteiger partial charge in [-0.2, -0.15) is 0 Å². The Balaban J connectivity index is 1.57. The molecule has 4 fully saturated rings. The summed E-state index contributed by atoms with van der Waals surface area (Å²) < 4.78 is 6.32. The second-order valence-electron chi connectivity index (χ2n) is 6.68. The van der Waals surface area contributed by atoms with Crippen LogP contribution in [0.4, 0.5) is 0 Å². The SMILES string of the molecule is NCc1cccnc1OC1C2CC3CC(C2)CC1C3. The Hall–Kier alpha value is -1.09. The fraction of sp³-hybridized carbons (Fsp3) is 0.688. The standard InChI is InChI=1S/C16H22N2O/c17-9-12-2-1-3-18-16(12)19-15-13-5-10-4-11(7-13)8-14(15)6-10/h1-3,10-11,13-15H,4-9,17H2. The van der Waals surface area contributed by atoms with E-state index in [0.29, 0.717) is 12.6 Å². The van der Waals surface area contributed by atoms with Crippen LogP contribution in [0.3, 0.4) is 0 Å². The first-order chi connectivity index (χ1) is 9.33. The summed E-state index contributed by atoms with van der Waals surface area (Å²) in [7, 11) is 0. The molecule has 102 valence electrons. The number of nitrogens with two attached hydrogens (primary N) is 1. The van der Waals surface area contributed by atoms with Gasteiger partial charge >= 0.3 is 0 Å². The Labute approximate surface area is 114 Å². The van der Waals surface area contributed by atoms with Crippen molar-refractivity contribution in [3.05, 3.63) is 23.9 Å². The van der Waals surface area contributed by atoms with E-state index in [-0.39, 0.29) is 0 Å². The first-order valence-electron chi connectivity index (χ1n) is 7.64. The molecule has 1 heterocycles. The van der Waals surface area contributed by atoms with E-state index in [9.17, 15) is 0 Å². The minimum atomic E-state index is 0.396. The lowest BCUT2D eigenvalue weighted by Gasteiger charge is -2.53. The number of rotatable bonds is 3. The molecule has 0 atom stereocenters. The lowest BCUT2D eigenvalue weighted by atomic mass is 9.55. The Kier molecular flexibility index (Phi) is 2.76. The first kappa shape index (κ1) is 11.7. The van der Waals surface area contributed by atoms with Gasteiger partial charge in [0.05, 0.1) is 0 Å². The molecule has 3 heteroatoms. The van der Waals surface area contributed by atoms with Crippen LogP contribution in [0.25, 0.3) is 0 Å². The van der Waals surface area contributed by atoms with Gasteiger partial charge in [0.25, 0.3) is 0 Å². The Morgan fingerprint density at radius 1 is 1.11 bits per heavy atom. The van der Waals surface area contributed by atoms with Crippen LogP contribution in [-0.4, -0.2) is 11.1 Å². The molecule has 4 aliphatic rings. The van der Waals surface area contributed by atoms with Crippen LogP contribution in [0.5, 0.6) is 5.88 Å². The van der Waals surface area contributed by atoms with Crippen LogP contribution in [0.15, 0.2) is 18.3 Å². The van der Waals surface area contributed by atoms with Crippen molar-refractivity contribution in [1.82, 2.24) is 4.98 Å². The van der Waals surface area contributed by atoms with E-state index in [1.54, 1.807) is 0 Å². The van der Waals surface area contributed by atoms with Gasteiger partial charge in [-0.15, -0.1) is 0 Å². The van der Waals surface area contributed by atoms with E-state index in [1.165, 1.54) is 32.1 Å². The van der Waals surface area contributed by atoms with E-state index >= 15 is 0 Å². The monoisotopic (exact) mass is 258 g/mol. The molecule has 3 nitrogen and oxygen atoms in total. The molecule has 0 aromatic carbocycles. The number of pyridine rings is 1. The van der Waals surface area contributed by atoms with Gasteiger partial charge < -0.3 is 10.5 Å². The average molecular weight is 258 g/mol. The van der Waals surface area contributed by atoms with Gasteiger partial charge in [0.2, 0.25) is 5.88 Å². The van der Waals surface area contributed by atoms with Crippen LogP contribution in [0, 0.1) is 23.7 Å². The molecular weight excluding hydrogens is 236 g/mol. The van der Waals surface area contributed by atoms with Crippen molar-refractivity contribution in [2.45, 2.75) is 44.8 Å². The summed E-state index contributed by atoms with van der Waals surface area (Å²) in [6, 6.07) is 3.96. The zero-order chi connectivity index (χ0) is 12.8. The van der Waals surface area contributed by atoms with Crippen LogP contribution < -0.4 is 10.5 Å². The maximum Gasteiger partial charge on any atom is 0.218 e. The fourth-order valence-corrected chi connectivity index (χ4v) is 4.88. The van der Waals surface area contributed by atoms with Crippen molar-refractivity contribution in [3.63, 3.8) is 0 Å². The number of hydrogen-bond donors (Lipinski definition) is 1. The highest BCUT2D eigenvalue weighted by Crippen LogP contribution is 2.54. The van der Waals surface area contributed by atoms with E-state index in [0.717, 1.165) is 35.1 Å². The summed E-state index contributed by atoms with van der Waals surface area (Å²) in [6.07, 6.45) is 9.20. The highest BCUT2D eigenvalue weighted by Gasteiger charge is 2.49. The van der Waals surface area contributed by atoms with Crippen LogP contribution in [0.2, 0.25) is 0 Å². The van der Waals surface area contributed by atoms with Gasteiger partial charge in [-0.25, -0.2) is 4.98 Å². The van der Waals surface area contributed by atoms with Gasteiger partial charge in [0.15, 0.2) is 0 Å². The molecule has 0 saturated heterocycles. The first-order valence-corrected chi connectivity index (χ1v) is 7.64. The molecule has 4 saturated carbocycles. The molecule has 4 bridgehead atoms. The Morgan fingerprint density at radius 3 is 2.42 bits per heavy atom. The molecule has 0 aliphatic heterocycles. The van der Waals surface area contributed by atoms with Gasteiger partial charge in [-0.3, -0.25) is 0 Å². The highest BCUT2D eigenvalue weighted by atomic mass is 16.5. The lowest BCUT2D eigenvalue weighted by Crippen LogP contribution is -2.50. The minimum Gasteiger partial charge on any atom is -0.474 e. The Bertz CT molecular complexity index is 446. The molecule has 4 aliphatic carbocycles. The van der Waals surface area contributed by atoms with Crippen molar-refractivity contribution in [3.8, 4) is 5.88 Å². The van der Waals surface area contributed by atoms with Gasteiger partial charge in [-0.1, -0.05) is 6.07 Å². The zero-order valence-electron chi connectivity index (χ0n) is 11.3. The maximum absolute atomic E-state index is 6.32. The third-order valence-corrected chi connectivity index (χ3v) is 5.46. The molecule has 1 aromatic heterocycles. The summed E-state index contributed by atoms with van der Waals surface area (Å²) in [4.78, 5) is 4.40. The fourth-order valence-electron chi connectivity index (χ4n) is 4.88. The molecule has 2 N–H and O–H groups in total. The predicted octanol–water partition coefficient (Wildman–Crippen LogP) is 2.74. The van der Waals surface area contributed by atoms with Crippen molar-refractivity contribution in [1.29, 1.82) is 0 Å². The van der Waals surface area contributed by atoms with Crippen molar-refractivity contribution < 1.29 is 4.74 Å². The summed E-state index contributed by atoms with van der Waals surface area (Å²) in [5.74, 6) is 4.29. The molecular formula is C16H22N2O. The third kappa shape index (κ3) is 1.95. The summed E-state index contributed by atoms with van der Waals surface area (Å²) >= 11 is 0. The Morgan fingerprint density at radius 2 is 1.79 bits per heavy atom. The molecule has 0 spiro atoms. The zero-order valence-corrected chi connectivity index (χ0v) is 11.3. The van der Waals surface area contributed by atoms with Crippen molar-refractivity contribution in [2.75, 3.05) is 0 Å². The smallest absolute Gasteiger partial charge is 0.218 e. The second kappa shape index (κ2) is 4.48. The number of hydrogen-bond acceptors (Lipinski definition) is 3. The summed E-state index contributed by atoms with van der Waals surface area (Å²) in [5, 5.41) is 0. The molecule has 19 heavy (non-hydrogen) atoms. The summed E-state index contributed by atoms with van der Waals surface area (Å²) in [6.45, 7) is 0.510. The van der Waals surface area contributed by atoms with E-state index in [2.05, 4.69) is 4.98 Å². The molecule has 0 radical (unpaired) electrons. The molecule has 1 aromatic rings. The van der Waals surface area contributed by atoms with Gasteiger partial charge in [0, 0.05) is 18.3 Å². The molecule has 5 rings (SSSR count). The van der Waals surface area contributed by atoms with Gasteiger partial charge in [-0.05, 0) is 61.8 Å². The number of aromatic nitrogens is 1. The highest BCUT2D eigenvalue weighted by molar-refractivity contribution is 5.25. The quantitative estimate of drug-likeness (QED) is 0.907. The van der Waals surface area contributed by atoms with Crippen LogP contribution in [-0.2, 0) is 6.54 Å². The lowest BCUT2D eigenvalue weighted by molar-refractivity contribution is -0.0808. The normalized spacial score (nSPS) is 39.5. The van der Waals surface area contributed by atoms with Gasteiger partial charge in [0.1, 0.15) is 6.10 Å². The second-order valence-corrected chi connectivity index (χ2v) is 6.68. The van der Waals surface area contributed by atoms with Crippen LogP contribution >= 0.6 is 0 Å². The molecule has 0 unspecified atom stereocenters. The number of ether oxygens (including phenoxy) is 1. The minimum absolute atomic E-state index is 0.396. The van der Waals surface area contributed by atoms with E-state index in [1.807, 2.05) is 18.3 Å². The van der Waals surface area contributed by atoms with Crippen LogP contribution in [0.1, 0.15) is 37.7 Å². The molecule has 0 amide bonds. The largest absolute Gasteiger partial charge is 0.474 e. The number of nitrogens with zero attached hydrogens (tertiary/aromatic N) is 1. The maximum atomic E-state index is 6.32. The van der Waals surface area contributed by atoms with Crippen molar-refractivity contribution >= 4 is 0 Å². The third-order valence-electron chi connectivity index (χ3n) is 5.46. The predicted molar refractivity (Wildman–Crippen MR) is 73.6 cm³/mol. The average Bonchev–Trinajstić information content (AvgIpc) is 2.42. The topological polar surface area (TPSA) is 48.1 Å². The van der Waals surface area contributed by atoms with E-state index < -0.39 is 0 Å². The summed E-state index contributed by atoms with van der Waals surface area (Å²) in [5.41, 5.74) is 6.82. The van der Waals surface area contributed by atoms with E-state index in [4.69, 9.17) is 10.5 Å².